The first kappa shape index (κ1) is 15.3. The van der Waals surface area contributed by atoms with Crippen LogP contribution in [0.2, 0.25) is 5.15 Å². The van der Waals surface area contributed by atoms with Gasteiger partial charge >= 0.3 is 5.97 Å². The van der Waals surface area contributed by atoms with Gasteiger partial charge in [0.1, 0.15) is 16.5 Å². The number of aromatic carboxylic acids is 1. The second kappa shape index (κ2) is 7.09. The number of benzene rings is 1. The van der Waals surface area contributed by atoms with Crippen LogP contribution in [0.25, 0.3) is 0 Å². The number of carbonyl (C=O) groups is 1. The van der Waals surface area contributed by atoms with Crippen LogP contribution < -0.4 is 5.32 Å². The third-order valence-corrected chi connectivity index (χ3v) is 3.54. The molecule has 0 aliphatic carbocycles. The van der Waals surface area contributed by atoms with Crippen LogP contribution in [0.1, 0.15) is 35.2 Å². The van der Waals surface area contributed by atoms with E-state index in [1.807, 2.05) is 18.2 Å². The van der Waals surface area contributed by atoms with Crippen molar-refractivity contribution in [3.8, 4) is 0 Å². The first-order chi connectivity index (χ1) is 10.1. The van der Waals surface area contributed by atoms with E-state index in [1.54, 1.807) is 0 Å². The number of nitrogens with zero attached hydrogens (tertiary/aromatic N) is 1. The summed E-state index contributed by atoms with van der Waals surface area (Å²) in [4.78, 5) is 15.2. The standard InChI is InChI=1S/C16H17ClN2O2/c1-11(12-5-3-2-4-6-12)9-10-18-15-13(16(20)21)7-8-14(17)19-15/h2-8,11H,9-10H2,1H3,(H,18,19)(H,20,21). The van der Waals surface area contributed by atoms with Gasteiger partial charge in [0.25, 0.3) is 0 Å². The van der Waals surface area contributed by atoms with Crippen LogP contribution in [0.4, 0.5) is 5.82 Å². The topological polar surface area (TPSA) is 62.2 Å². The van der Waals surface area contributed by atoms with Crippen molar-refractivity contribution < 1.29 is 9.90 Å². The number of halogens is 1. The molecule has 4 nitrogen and oxygen atoms in total. The smallest absolute Gasteiger partial charge is 0.339 e. The Morgan fingerprint density at radius 1 is 1.29 bits per heavy atom. The molecule has 2 rings (SSSR count). The highest BCUT2D eigenvalue weighted by molar-refractivity contribution is 6.29. The molecule has 0 saturated heterocycles. The largest absolute Gasteiger partial charge is 0.478 e. The van der Waals surface area contributed by atoms with Gasteiger partial charge in [-0.1, -0.05) is 48.9 Å². The van der Waals surface area contributed by atoms with Crippen LogP contribution in [-0.2, 0) is 0 Å². The number of hydrogen-bond acceptors (Lipinski definition) is 3. The van der Waals surface area contributed by atoms with Gasteiger partial charge in [-0.3, -0.25) is 0 Å². The average molecular weight is 305 g/mol. The van der Waals surface area contributed by atoms with E-state index in [4.69, 9.17) is 16.7 Å². The maximum atomic E-state index is 11.1. The van der Waals surface area contributed by atoms with Gasteiger partial charge < -0.3 is 10.4 Å². The molecule has 1 unspecified atom stereocenters. The summed E-state index contributed by atoms with van der Waals surface area (Å²) in [5, 5.41) is 12.5. The first-order valence-corrected chi connectivity index (χ1v) is 7.14. The van der Waals surface area contributed by atoms with E-state index < -0.39 is 5.97 Å². The number of aromatic nitrogens is 1. The Balaban J connectivity index is 1.97. The summed E-state index contributed by atoms with van der Waals surface area (Å²) >= 11 is 5.81. The minimum atomic E-state index is -1.02. The molecule has 0 amide bonds. The van der Waals surface area contributed by atoms with Crippen LogP contribution in [-0.4, -0.2) is 22.6 Å². The van der Waals surface area contributed by atoms with Crippen LogP contribution in [0.15, 0.2) is 42.5 Å². The lowest BCUT2D eigenvalue weighted by molar-refractivity contribution is 0.0697. The van der Waals surface area contributed by atoms with Crippen LogP contribution in [0.3, 0.4) is 0 Å². The summed E-state index contributed by atoms with van der Waals surface area (Å²) in [7, 11) is 0. The third kappa shape index (κ3) is 4.20. The Kier molecular flexibility index (Phi) is 5.17. The molecular formula is C16H17ClN2O2. The summed E-state index contributed by atoms with van der Waals surface area (Å²) in [5.41, 5.74) is 1.39. The molecule has 0 aliphatic rings. The molecule has 0 radical (unpaired) electrons. The fourth-order valence-electron chi connectivity index (χ4n) is 2.10. The molecule has 0 spiro atoms. The minimum Gasteiger partial charge on any atom is -0.478 e. The fraction of sp³-hybridized carbons (Fsp3) is 0.250. The molecule has 21 heavy (non-hydrogen) atoms. The summed E-state index contributed by atoms with van der Waals surface area (Å²) in [6, 6.07) is 13.1. The van der Waals surface area contributed by atoms with Crippen LogP contribution in [0.5, 0.6) is 0 Å². The van der Waals surface area contributed by atoms with E-state index >= 15 is 0 Å². The number of pyridine rings is 1. The highest BCUT2D eigenvalue weighted by atomic mass is 35.5. The van der Waals surface area contributed by atoms with Gasteiger partial charge in [-0.05, 0) is 30.0 Å². The van der Waals surface area contributed by atoms with Crippen molar-refractivity contribution in [1.29, 1.82) is 0 Å². The molecule has 0 saturated carbocycles. The Morgan fingerprint density at radius 2 is 2.00 bits per heavy atom. The second-order valence-corrected chi connectivity index (χ2v) is 5.25. The SMILES string of the molecule is CC(CCNc1nc(Cl)ccc1C(=O)O)c1ccccc1. The number of rotatable bonds is 6. The highest BCUT2D eigenvalue weighted by Crippen LogP contribution is 2.20. The predicted octanol–water partition coefficient (Wildman–Crippen LogP) is 4.04. The van der Waals surface area contributed by atoms with E-state index in [1.165, 1.54) is 17.7 Å². The maximum absolute atomic E-state index is 11.1. The van der Waals surface area contributed by atoms with Crippen molar-refractivity contribution in [3.63, 3.8) is 0 Å². The number of hydrogen-bond donors (Lipinski definition) is 2. The summed E-state index contributed by atoms with van der Waals surface area (Å²) in [6.45, 7) is 2.77. The van der Waals surface area contributed by atoms with Crippen molar-refractivity contribution >= 4 is 23.4 Å². The summed E-state index contributed by atoms with van der Waals surface area (Å²) in [6.07, 6.45) is 0.872. The average Bonchev–Trinajstić information content (AvgIpc) is 2.48. The number of nitrogens with one attached hydrogen (secondary N) is 1. The molecule has 0 aliphatic heterocycles. The van der Waals surface area contributed by atoms with E-state index in [0.29, 0.717) is 18.3 Å². The monoisotopic (exact) mass is 304 g/mol. The van der Waals surface area contributed by atoms with Crippen LogP contribution >= 0.6 is 11.6 Å². The first-order valence-electron chi connectivity index (χ1n) is 6.76. The van der Waals surface area contributed by atoms with Gasteiger partial charge in [0.15, 0.2) is 0 Å². The zero-order chi connectivity index (χ0) is 15.2. The van der Waals surface area contributed by atoms with Gasteiger partial charge in [-0.15, -0.1) is 0 Å². The zero-order valence-corrected chi connectivity index (χ0v) is 12.5. The molecule has 1 heterocycles. The molecule has 1 atom stereocenters. The lowest BCUT2D eigenvalue weighted by Crippen LogP contribution is -2.11. The Hall–Kier alpha value is -2.07. The van der Waals surface area contributed by atoms with E-state index in [9.17, 15) is 4.79 Å². The maximum Gasteiger partial charge on any atom is 0.339 e. The zero-order valence-electron chi connectivity index (χ0n) is 11.7. The number of anilines is 1. The van der Waals surface area contributed by atoms with Crippen molar-refractivity contribution in [2.45, 2.75) is 19.3 Å². The molecule has 1 aromatic carbocycles. The lowest BCUT2D eigenvalue weighted by atomic mass is 9.98. The normalized spacial score (nSPS) is 11.9. The second-order valence-electron chi connectivity index (χ2n) is 4.86. The van der Waals surface area contributed by atoms with E-state index in [-0.39, 0.29) is 10.7 Å². The van der Waals surface area contributed by atoms with Gasteiger partial charge in [0.2, 0.25) is 0 Å². The quantitative estimate of drug-likeness (QED) is 0.791. The summed E-state index contributed by atoms with van der Waals surface area (Å²) in [5.74, 6) is -0.320. The van der Waals surface area contributed by atoms with Crippen molar-refractivity contribution in [2.24, 2.45) is 0 Å². The predicted molar refractivity (Wildman–Crippen MR) is 84.2 cm³/mol. The van der Waals surface area contributed by atoms with Crippen molar-refractivity contribution in [3.05, 3.63) is 58.7 Å². The molecule has 110 valence electrons. The van der Waals surface area contributed by atoms with Gasteiger partial charge in [0.05, 0.1) is 0 Å². The van der Waals surface area contributed by atoms with Gasteiger partial charge in [-0.2, -0.15) is 0 Å². The molecule has 0 bridgehead atoms. The van der Waals surface area contributed by atoms with E-state index in [2.05, 4.69) is 29.4 Å². The Bertz CT molecular complexity index is 617. The fourth-order valence-corrected chi connectivity index (χ4v) is 2.25. The molecule has 1 aromatic heterocycles. The Morgan fingerprint density at radius 3 is 2.67 bits per heavy atom. The van der Waals surface area contributed by atoms with Crippen molar-refractivity contribution in [2.75, 3.05) is 11.9 Å². The number of carboxylic acid groups (broad SMARTS) is 1. The molecule has 2 aromatic rings. The highest BCUT2D eigenvalue weighted by Gasteiger charge is 2.12. The van der Waals surface area contributed by atoms with Crippen LogP contribution in [0, 0.1) is 0 Å². The van der Waals surface area contributed by atoms with Gasteiger partial charge in [0, 0.05) is 6.54 Å². The minimum absolute atomic E-state index is 0.131. The van der Waals surface area contributed by atoms with Crippen molar-refractivity contribution in [1.82, 2.24) is 4.98 Å². The van der Waals surface area contributed by atoms with Gasteiger partial charge in [-0.25, -0.2) is 9.78 Å². The number of carboxylic acids is 1. The van der Waals surface area contributed by atoms with E-state index in [0.717, 1.165) is 6.42 Å². The molecule has 0 fully saturated rings. The summed E-state index contributed by atoms with van der Waals surface area (Å²) < 4.78 is 0. The molecule has 2 N–H and O–H groups in total. The lowest BCUT2D eigenvalue weighted by Gasteiger charge is -2.13. The third-order valence-electron chi connectivity index (χ3n) is 3.33. The molecular weight excluding hydrogens is 288 g/mol. The Labute approximate surface area is 128 Å². The molecule has 5 heteroatoms.